The molecule has 0 bridgehead atoms. The number of aliphatic carboxylic acids is 1. The van der Waals surface area contributed by atoms with E-state index in [4.69, 9.17) is 9.52 Å². The molecule has 5 nitrogen and oxygen atoms in total. The number of carboxylic acids is 1. The van der Waals surface area contributed by atoms with Crippen molar-refractivity contribution in [1.82, 2.24) is 5.32 Å². The van der Waals surface area contributed by atoms with Gasteiger partial charge in [0, 0.05) is 11.4 Å². The lowest BCUT2D eigenvalue weighted by Crippen LogP contribution is -2.39. The van der Waals surface area contributed by atoms with Crippen LogP contribution in [0.1, 0.15) is 35.5 Å². The van der Waals surface area contributed by atoms with E-state index in [0.29, 0.717) is 5.58 Å². The molecule has 0 radical (unpaired) electrons. The molecule has 0 fully saturated rings. The van der Waals surface area contributed by atoms with Crippen LogP contribution in [0.2, 0.25) is 0 Å². The molecule has 21 heavy (non-hydrogen) atoms. The van der Waals surface area contributed by atoms with E-state index in [1.165, 1.54) is 0 Å². The number of benzene rings is 1. The zero-order chi connectivity index (χ0) is 15.7. The summed E-state index contributed by atoms with van der Waals surface area (Å²) in [5.74, 6) is -1.82. The maximum absolute atomic E-state index is 12.1. The number of nitrogens with one attached hydrogen (secondary N) is 1. The summed E-state index contributed by atoms with van der Waals surface area (Å²) in [5, 5.41) is 12.5. The van der Waals surface area contributed by atoms with Gasteiger partial charge in [0.05, 0.1) is 5.92 Å². The molecule has 2 rings (SSSR count). The van der Waals surface area contributed by atoms with Crippen LogP contribution >= 0.6 is 0 Å². The first-order chi connectivity index (χ1) is 9.79. The van der Waals surface area contributed by atoms with Crippen LogP contribution in [-0.4, -0.2) is 23.0 Å². The van der Waals surface area contributed by atoms with Crippen molar-refractivity contribution in [1.29, 1.82) is 0 Å². The first kappa shape index (κ1) is 15.1. The second-order valence-electron chi connectivity index (χ2n) is 5.47. The fourth-order valence-corrected chi connectivity index (χ4v) is 2.03. The molecular formula is C16H19NO4. The number of hydrogen-bond acceptors (Lipinski definition) is 3. The molecule has 5 heteroatoms. The smallest absolute Gasteiger partial charge is 0.308 e. The molecule has 0 aliphatic rings. The van der Waals surface area contributed by atoms with Crippen molar-refractivity contribution in [2.45, 2.75) is 33.7 Å². The van der Waals surface area contributed by atoms with E-state index < -0.39 is 23.8 Å². The molecule has 1 heterocycles. The van der Waals surface area contributed by atoms with Crippen LogP contribution in [-0.2, 0) is 4.79 Å². The van der Waals surface area contributed by atoms with Crippen molar-refractivity contribution < 1.29 is 19.1 Å². The van der Waals surface area contributed by atoms with Crippen molar-refractivity contribution in [2.75, 3.05) is 0 Å². The predicted octanol–water partition coefficient (Wildman–Crippen LogP) is 2.89. The summed E-state index contributed by atoms with van der Waals surface area (Å²) in [4.78, 5) is 23.0. The molecular weight excluding hydrogens is 270 g/mol. The van der Waals surface area contributed by atoms with E-state index in [1.54, 1.807) is 19.9 Å². The Bertz CT molecular complexity index is 663. The predicted molar refractivity (Wildman–Crippen MR) is 79.4 cm³/mol. The lowest BCUT2D eigenvalue weighted by molar-refractivity contribution is -0.141. The van der Waals surface area contributed by atoms with Crippen molar-refractivity contribution in [3.05, 3.63) is 35.1 Å². The SMILES string of the molecule is Cc1cc2cc(C(=O)NC(C)C(C)C(=O)O)oc2cc1C. The Morgan fingerprint density at radius 2 is 1.76 bits per heavy atom. The van der Waals surface area contributed by atoms with Gasteiger partial charge in [0.2, 0.25) is 0 Å². The molecule has 2 unspecified atom stereocenters. The molecule has 0 aliphatic carbocycles. The summed E-state index contributed by atoms with van der Waals surface area (Å²) in [5.41, 5.74) is 2.88. The standard InChI is InChI=1S/C16H19NO4/c1-8-5-12-7-14(21-13(12)6-9(8)2)15(18)17-11(4)10(3)16(19)20/h5-7,10-11H,1-4H3,(H,17,18)(H,19,20). The van der Waals surface area contributed by atoms with Gasteiger partial charge in [-0.1, -0.05) is 0 Å². The van der Waals surface area contributed by atoms with Gasteiger partial charge in [-0.3, -0.25) is 9.59 Å². The number of hydrogen-bond donors (Lipinski definition) is 2. The average molecular weight is 289 g/mol. The van der Waals surface area contributed by atoms with Crippen molar-refractivity contribution in [2.24, 2.45) is 5.92 Å². The fraction of sp³-hybridized carbons (Fsp3) is 0.375. The van der Waals surface area contributed by atoms with E-state index in [2.05, 4.69) is 5.32 Å². The van der Waals surface area contributed by atoms with Gasteiger partial charge in [0.15, 0.2) is 5.76 Å². The van der Waals surface area contributed by atoms with E-state index >= 15 is 0 Å². The average Bonchev–Trinajstić information content (AvgIpc) is 2.81. The van der Waals surface area contributed by atoms with Crippen LogP contribution in [0.5, 0.6) is 0 Å². The molecule has 0 saturated carbocycles. The second kappa shape index (κ2) is 5.60. The second-order valence-corrected chi connectivity index (χ2v) is 5.47. The molecule has 2 aromatic rings. The van der Waals surface area contributed by atoms with Gasteiger partial charge < -0.3 is 14.8 Å². The van der Waals surface area contributed by atoms with E-state index in [1.807, 2.05) is 26.0 Å². The van der Waals surface area contributed by atoms with Crippen molar-refractivity contribution in [3.63, 3.8) is 0 Å². The number of carbonyl (C=O) groups excluding carboxylic acids is 1. The van der Waals surface area contributed by atoms with Gasteiger partial charge >= 0.3 is 5.97 Å². The fourth-order valence-electron chi connectivity index (χ4n) is 2.03. The number of rotatable bonds is 4. The maximum Gasteiger partial charge on any atom is 0.308 e. The lowest BCUT2D eigenvalue weighted by atomic mass is 10.0. The van der Waals surface area contributed by atoms with Gasteiger partial charge in [0.25, 0.3) is 5.91 Å². The Hall–Kier alpha value is -2.30. The van der Waals surface area contributed by atoms with Crippen LogP contribution in [0.25, 0.3) is 11.0 Å². The maximum atomic E-state index is 12.1. The molecule has 0 saturated heterocycles. The topological polar surface area (TPSA) is 79.5 Å². The van der Waals surface area contributed by atoms with Crippen LogP contribution in [0, 0.1) is 19.8 Å². The zero-order valence-electron chi connectivity index (χ0n) is 12.6. The third-order valence-corrected chi connectivity index (χ3v) is 3.85. The largest absolute Gasteiger partial charge is 0.481 e. The highest BCUT2D eigenvalue weighted by Gasteiger charge is 2.23. The van der Waals surface area contributed by atoms with E-state index in [-0.39, 0.29) is 5.76 Å². The summed E-state index contributed by atoms with van der Waals surface area (Å²) in [6.07, 6.45) is 0. The van der Waals surface area contributed by atoms with Crippen LogP contribution in [0.3, 0.4) is 0 Å². The molecule has 1 aromatic carbocycles. The van der Waals surface area contributed by atoms with Crippen LogP contribution in [0.4, 0.5) is 0 Å². The van der Waals surface area contributed by atoms with Gasteiger partial charge in [-0.15, -0.1) is 0 Å². The van der Waals surface area contributed by atoms with E-state index in [9.17, 15) is 9.59 Å². The lowest BCUT2D eigenvalue weighted by Gasteiger charge is -2.16. The summed E-state index contributed by atoms with van der Waals surface area (Å²) < 4.78 is 5.55. The Balaban J connectivity index is 2.22. The number of fused-ring (bicyclic) bond motifs is 1. The summed E-state index contributed by atoms with van der Waals surface area (Å²) in [6, 6.07) is 5.06. The molecule has 112 valence electrons. The van der Waals surface area contributed by atoms with Crippen LogP contribution < -0.4 is 5.32 Å². The minimum atomic E-state index is -0.946. The number of amides is 1. The Labute approximate surface area is 122 Å². The van der Waals surface area contributed by atoms with Gasteiger partial charge in [-0.25, -0.2) is 0 Å². The number of carbonyl (C=O) groups is 2. The van der Waals surface area contributed by atoms with Gasteiger partial charge in [0.1, 0.15) is 5.58 Å². The Morgan fingerprint density at radius 3 is 2.38 bits per heavy atom. The molecule has 1 amide bonds. The number of aryl methyl sites for hydroxylation is 2. The zero-order valence-corrected chi connectivity index (χ0v) is 12.6. The summed E-state index contributed by atoms with van der Waals surface area (Å²) in [6.45, 7) is 7.19. The molecule has 2 atom stereocenters. The normalized spacial score (nSPS) is 13.9. The number of carboxylic acid groups (broad SMARTS) is 1. The minimum Gasteiger partial charge on any atom is -0.481 e. The summed E-state index contributed by atoms with van der Waals surface area (Å²) >= 11 is 0. The Morgan fingerprint density at radius 1 is 1.14 bits per heavy atom. The molecule has 0 spiro atoms. The highest BCUT2D eigenvalue weighted by Crippen LogP contribution is 2.23. The highest BCUT2D eigenvalue weighted by molar-refractivity contribution is 5.96. The van der Waals surface area contributed by atoms with E-state index in [0.717, 1.165) is 16.5 Å². The first-order valence-corrected chi connectivity index (χ1v) is 6.84. The number of furan rings is 1. The highest BCUT2D eigenvalue weighted by atomic mass is 16.4. The van der Waals surface area contributed by atoms with Crippen LogP contribution in [0.15, 0.2) is 22.6 Å². The first-order valence-electron chi connectivity index (χ1n) is 6.84. The summed E-state index contributed by atoms with van der Waals surface area (Å²) in [7, 11) is 0. The molecule has 0 aliphatic heterocycles. The third kappa shape index (κ3) is 3.07. The van der Waals surface area contributed by atoms with Crippen molar-refractivity contribution in [3.8, 4) is 0 Å². The Kier molecular flexibility index (Phi) is 4.02. The van der Waals surface area contributed by atoms with Crippen molar-refractivity contribution >= 4 is 22.8 Å². The molecule has 2 N–H and O–H groups in total. The quantitative estimate of drug-likeness (QED) is 0.907. The van der Waals surface area contributed by atoms with Gasteiger partial charge in [-0.05, 0) is 57.0 Å². The monoisotopic (exact) mass is 289 g/mol. The molecule has 1 aromatic heterocycles. The van der Waals surface area contributed by atoms with Gasteiger partial charge in [-0.2, -0.15) is 0 Å². The third-order valence-electron chi connectivity index (χ3n) is 3.85. The minimum absolute atomic E-state index is 0.194.